The summed E-state index contributed by atoms with van der Waals surface area (Å²) < 4.78 is 43.9. The molecule has 1 aliphatic heterocycles. The molecule has 1 saturated heterocycles. The first-order valence-electron chi connectivity index (χ1n) is 6.03. The molecule has 2 rings (SSSR count). The SMILES string of the molecule is CC(Nc1ccccc1C(F)(F)F)C1CCCO1. The second-order valence-electron chi connectivity index (χ2n) is 4.53. The standard InChI is InChI=1S/C13H16F3NO/c1-9(12-7-4-8-18-12)17-11-6-3-2-5-10(11)13(14,15)16/h2-3,5-6,9,12,17H,4,7-8H2,1H3. The third-order valence-corrected chi connectivity index (χ3v) is 3.14. The van der Waals surface area contributed by atoms with Gasteiger partial charge >= 0.3 is 6.18 Å². The van der Waals surface area contributed by atoms with Crippen LogP contribution in [0.3, 0.4) is 0 Å². The quantitative estimate of drug-likeness (QED) is 0.894. The van der Waals surface area contributed by atoms with Crippen molar-refractivity contribution in [2.45, 2.75) is 38.1 Å². The highest BCUT2D eigenvalue weighted by molar-refractivity contribution is 5.53. The lowest BCUT2D eigenvalue weighted by Crippen LogP contribution is -2.30. The van der Waals surface area contributed by atoms with Crippen LogP contribution in [0, 0.1) is 0 Å². The van der Waals surface area contributed by atoms with E-state index in [4.69, 9.17) is 4.74 Å². The van der Waals surface area contributed by atoms with E-state index in [0.29, 0.717) is 6.61 Å². The number of hydrogen-bond acceptors (Lipinski definition) is 2. The minimum atomic E-state index is -4.33. The van der Waals surface area contributed by atoms with Crippen LogP contribution in [0.4, 0.5) is 18.9 Å². The third-order valence-electron chi connectivity index (χ3n) is 3.14. The van der Waals surface area contributed by atoms with Crippen LogP contribution in [0.2, 0.25) is 0 Å². The summed E-state index contributed by atoms with van der Waals surface area (Å²) >= 11 is 0. The van der Waals surface area contributed by atoms with E-state index >= 15 is 0 Å². The lowest BCUT2D eigenvalue weighted by atomic mass is 10.1. The fraction of sp³-hybridized carbons (Fsp3) is 0.538. The molecular formula is C13H16F3NO. The monoisotopic (exact) mass is 259 g/mol. The van der Waals surface area contributed by atoms with E-state index in [2.05, 4.69) is 5.32 Å². The second-order valence-corrected chi connectivity index (χ2v) is 4.53. The zero-order valence-electron chi connectivity index (χ0n) is 10.1. The first kappa shape index (κ1) is 13.2. The van der Waals surface area contributed by atoms with Gasteiger partial charge in [0.25, 0.3) is 0 Å². The first-order valence-corrected chi connectivity index (χ1v) is 6.03. The molecule has 0 radical (unpaired) electrons. The Morgan fingerprint density at radius 1 is 1.33 bits per heavy atom. The highest BCUT2D eigenvalue weighted by atomic mass is 19.4. The summed E-state index contributed by atoms with van der Waals surface area (Å²) in [5, 5.41) is 2.91. The maximum absolute atomic E-state index is 12.8. The van der Waals surface area contributed by atoms with Crippen molar-refractivity contribution in [1.29, 1.82) is 0 Å². The molecule has 1 fully saturated rings. The topological polar surface area (TPSA) is 21.3 Å². The molecule has 2 unspecified atom stereocenters. The van der Waals surface area contributed by atoms with Crippen molar-refractivity contribution < 1.29 is 17.9 Å². The van der Waals surface area contributed by atoms with Gasteiger partial charge in [-0.2, -0.15) is 13.2 Å². The van der Waals surface area contributed by atoms with Gasteiger partial charge in [-0.25, -0.2) is 0 Å². The number of hydrogen-bond donors (Lipinski definition) is 1. The van der Waals surface area contributed by atoms with Crippen molar-refractivity contribution in [2.24, 2.45) is 0 Å². The molecule has 2 atom stereocenters. The van der Waals surface area contributed by atoms with Gasteiger partial charge in [-0.3, -0.25) is 0 Å². The van der Waals surface area contributed by atoms with E-state index in [1.54, 1.807) is 6.07 Å². The molecule has 1 aromatic rings. The van der Waals surface area contributed by atoms with Crippen molar-refractivity contribution in [3.8, 4) is 0 Å². The third kappa shape index (κ3) is 2.96. The van der Waals surface area contributed by atoms with Crippen LogP contribution in [0.5, 0.6) is 0 Å². The Bertz CT molecular complexity index is 399. The van der Waals surface area contributed by atoms with Crippen molar-refractivity contribution >= 4 is 5.69 Å². The van der Waals surface area contributed by atoms with Gasteiger partial charge in [0.05, 0.1) is 11.7 Å². The normalized spacial score (nSPS) is 21.9. The summed E-state index contributed by atoms with van der Waals surface area (Å²) in [6, 6.07) is 5.40. The highest BCUT2D eigenvalue weighted by Crippen LogP contribution is 2.35. The zero-order valence-corrected chi connectivity index (χ0v) is 10.1. The number of rotatable bonds is 3. The minimum Gasteiger partial charge on any atom is -0.379 e. The van der Waals surface area contributed by atoms with Gasteiger partial charge < -0.3 is 10.1 Å². The van der Waals surface area contributed by atoms with Crippen molar-refractivity contribution in [3.63, 3.8) is 0 Å². The van der Waals surface area contributed by atoms with Crippen LogP contribution >= 0.6 is 0 Å². The van der Waals surface area contributed by atoms with Crippen LogP contribution in [0.25, 0.3) is 0 Å². The van der Waals surface area contributed by atoms with E-state index in [9.17, 15) is 13.2 Å². The number of ether oxygens (including phenoxy) is 1. The van der Waals surface area contributed by atoms with Gasteiger partial charge in [-0.15, -0.1) is 0 Å². The number of halogens is 3. The molecule has 0 amide bonds. The Morgan fingerprint density at radius 2 is 2.06 bits per heavy atom. The predicted molar refractivity (Wildman–Crippen MR) is 63.5 cm³/mol. The summed E-state index contributed by atoms with van der Waals surface area (Å²) in [5.74, 6) is 0. The number of anilines is 1. The molecule has 0 saturated carbocycles. The zero-order chi connectivity index (χ0) is 13.2. The minimum absolute atomic E-state index is 0.00807. The summed E-state index contributed by atoms with van der Waals surface area (Å²) in [6.07, 6.45) is -2.48. The molecule has 1 aromatic carbocycles. The summed E-state index contributed by atoms with van der Waals surface area (Å²) in [7, 11) is 0. The Morgan fingerprint density at radius 3 is 2.67 bits per heavy atom. The average Bonchev–Trinajstić information content (AvgIpc) is 2.81. The van der Waals surface area contributed by atoms with Crippen LogP contribution in [0.15, 0.2) is 24.3 Å². The predicted octanol–water partition coefficient (Wildman–Crippen LogP) is 3.68. The number of benzene rings is 1. The van der Waals surface area contributed by atoms with Crippen LogP contribution in [-0.2, 0) is 10.9 Å². The number of alkyl halides is 3. The fourth-order valence-electron chi connectivity index (χ4n) is 2.19. The molecule has 1 N–H and O–H groups in total. The van der Waals surface area contributed by atoms with Gasteiger partial charge in [-0.05, 0) is 31.9 Å². The van der Waals surface area contributed by atoms with E-state index < -0.39 is 11.7 Å². The Balaban J connectivity index is 2.13. The molecular weight excluding hydrogens is 243 g/mol. The van der Waals surface area contributed by atoms with Gasteiger partial charge in [0.2, 0.25) is 0 Å². The van der Waals surface area contributed by atoms with Crippen LogP contribution < -0.4 is 5.32 Å². The molecule has 0 spiro atoms. The van der Waals surface area contributed by atoms with E-state index in [1.807, 2.05) is 6.92 Å². The van der Waals surface area contributed by atoms with E-state index in [0.717, 1.165) is 18.9 Å². The lowest BCUT2D eigenvalue weighted by Gasteiger charge is -2.23. The molecule has 2 nitrogen and oxygen atoms in total. The number of para-hydroxylation sites is 1. The van der Waals surface area contributed by atoms with Gasteiger partial charge in [0.15, 0.2) is 0 Å². The van der Waals surface area contributed by atoms with Gasteiger partial charge in [0.1, 0.15) is 0 Å². The smallest absolute Gasteiger partial charge is 0.379 e. The van der Waals surface area contributed by atoms with Crippen molar-refractivity contribution in [1.82, 2.24) is 0 Å². The van der Waals surface area contributed by atoms with Crippen molar-refractivity contribution in [2.75, 3.05) is 11.9 Å². The second kappa shape index (κ2) is 5.18. The average molecular weight is 259 g/mol. The maximum Gasteiger partial charge on any atom is 0.418 e. The lowest BCUT2D eigenvalue weighted by molar-refractivity contribution is -0.137. The molecule has 5 heteroatoms. The van der Waals surface area contributed by atoms with Gasteiger partial charge in [0, 0.05) is 18.3 Å². The molecule has 0 aromatic heterocycles. The molecule has 0 aliphatic carbocycles. The number of nitrogens with one attached hydrogen (secondary N) is 1. The largest absolute Gasteiger partial charge is 0.418 e. The Labute approximate surface area is 104 Å². The molecule has 18 heavy (non-hydrogen) atoms. The maximum atomic E-state index is 12.8. The summed E-state index contributed by atoms with van der Waals surface area (Å²) in [5.41, 5.74) is -0.511. The molecule has 1 heterocycles. The fourth-order valence-corrected chi connectivity index (χ4v) is 2.19. The summed E-state index contributed by atoms with van der Waals surface area (Å²) in [4.78, 5) is 0. The van der Waals surface area contributed by atoms with Gasteiger partial charge in [-0.1, -0.05) is 12.1 Å². The highest BCUT2D eigenvalue weighted by Gasteiger charge is 2.34. The van der Waals surface area contributed by atoms with Crippen molar-refractivity contribution in [3.05, 3.63) is 29.8 Å². The Kier molecular flexibility index (Phi) is 3.80. The van der Waals surface area contributed by atoms with Crippen LogP contribution in [-0.4, -0.2) is 18.8 Å². The van der Waals surface area contributed by atoms with E-state index in [-0.39, 0.29) is 17.8 Å². The molecule has 0 bridgehead atoms. The van der Waals surface area contributed by atoms with Crippen LogP contribution in [0.1, 0.15) is 25.3 Å². The Hall–Kier alpha value is -1.23. The molecule has 100 valence electrons. The first-order chi connectivity index (χ1) is 8.48. The van der Waals surface area contributed by atoms with E-state index in [1.165, 1.54) is 12.1 Å². The summed E-state index contributed by atoms with van der Waals surface area (Å²) in [6.45, 7) is 2.54. The molecule has 1 aliphatic rings.